The van der Waals surface area contributed by atoms with E-state index in [1.165, 1.54) is 4.90 Å². The molecule has 1 aromatic carbocycles. The van der Waals surface area contributed by atoms with E-state index in [9.17, 15) is 14.7 Å². The molecule has 1 aliphatic carbocycles. The van der Waals surface area contributed by atoms with E-state index in [2.05, 4.69) is 0 Å². The summed E-state index contributed by atoms with van der Waals surface area (Å²) in [6, 6.07) is 9.91. The summed E-state index contributed by atoms with van der Waals surface area (Å²) < 4.78 is 0. The molecule has 1 aromatic rings. The minimum atomic E-state index is -0.666. The first kappa shape index (κ1) is 15.0. The first-order chi connectivity index (χ1) is 10.7. The van der Waals surface area contributed by atoms with Crippen molar-refractivity contribution < 1.29 is 14.7 Å². The molecule has 4 nitrogen and oxygen atoms in total. The Labute approximate surface area is 130 Å². The Hall–Kier alpha value is -1.94. The SMILES string of the molecule is O=C1[C@@H]2CC=CC[C@H]2C(=O)N1C[C@H](O)CCc1ccccc1. The smallest absolute Gasteiger partial charge is 0.233 e. The zero-order valence-corrected chi connectivity index (χ0v) is 12.5. The molecule has 1 fully saturated rings. The number of nitrogens with zero attached hydrogens (tertiary/aromatic N) is 1. The molecule has 0 spiro atoms. The maximum atomic E-state index is 12.3. The molecule has 1 heterocycles. The second kappa shape index (κ2) is 6.44. The summed E-state index contributed by atoms with van der Waals surface area (Å²) in [5.41, 5.74) is 1.15. The highest BCUT2D eigenvalue weighted by Crippen LogP contribution is 2.35. The van der Waals surface area contributed by atoms with Crippen LogP contribution in [-0.4, -0.2) is 34.5 Å². The number of imide groups is 1. The number of aliphatic hydroxyl groups is 1. The van der Waals surface area contributed by atoms with E-state index < -0.39 is 6.10 Å². The molecule has 3 atom stereocenters. The van der Waals surface area contributed by atoms with Crippen LogP contribution in [0.5, 0.6) is 0 Å². The van der Waals surface area contributed by atoms with Crippen LogP contribution in [0.4, 0.5) is 0 Å². The fourth-order valence-electron chi connectivity index (χ4n) is 3.33. The summed E-state index contributed by atoms with van der Waals surface area (Å²) in [4.78, 5) is 25.9. The van der Waals surface area contributed by atoms with Gasteiger partial charge in [-0.05, 0) is 31.2 Å². The van der Waals surface area contributed by atoms with Crippen molar-refractivity contribution in [1.29, 1.82) is 0 Å². The minimum Gasteiger partial charge on any atom is -0.391 e. The van der Waals surface area contributed by atoms with E-state index in [1.54, 1.807) is 0 Å². The van der Waals surface area contributed by atoms with Gasteiger partial charge in [-0.3, -0.25) is 14.5 Å². The van der Waals surface area contributed by atoms with Gasteiger partial charge < -0.3 is 5.11 Å². The van der Waals surface area contributed by atoms with Crippen molar-refractivity contribution in [1.82, 2.24) is 4.90 Å². The number of rotatable bonds is 5. The van der Waals surface area contributed by atoms with Gasteiger partial charge in [0.25, 0.3) is 0 Å². The third-order valence-electron chi connectivity index (χ3n) is 4.60. The van der Waals surface area contributed by atoms with E-state index >= 15 is 0 Å². The van der Waals surface area contributed by atoms with Crippen LogP contribution < -0.4 is 0 Å². The highest BCUT2D eigenvalue weighted by Gasteiger charge is 2.47. The maximum absolute atomic E-state index is 12.3. The van der Waals surface area contributed by atoms with Crippen molar-refractivity contribution in [3.63, 3.8) is 0 Å². The van der Waals surface area contributed by atoms with Crippen LogP contribution in [0, 0.1) is 11.8 Å². The van der Waals surface area contributed by atoms with E-state index in [-0.39, 0.29) is 30.2 Å². The van der Waals surface area contributed by atoms with Crippen LogP contribution in [0.2, 0.25) is 0 Å². The quantitative estimate of drug-likeness (QED) is 0.667. The van der Waals surface area contributed by atoms with Crippen LogP contribution in [0.3, 0.4) is 0 Å². The van der Waals surface area contributed by atoms with Gasteiger partial charge in [-0.25, -0.2) is 0 Å². The number of carbonyl (C=O) groups excluding carboxylic acids is 2. The molecule has 4 heteroatoms. The number of β-amino-alcohol motifs (C(OH)–C–C–N with tert-alkyl or cyclic N) is 1. The fourth-order valence-corrected chi connectivity index (χ4v) is 3.33. The second-order valence-corrected chi connectivity index (χ2v) is 6.12. The number of aryl methyl sites for hydroxylation is 1. The number of hydrogen-bond donors (Lipinski definition) is 1. The molecule has 1 saturated heterocycles. The Bertz CT molecular complexity index is 555. The molecule has 2 aliphatic rings. The zero-order valence-electron chi connectivity index (χ0n) is 12.5. The van der Waals surface area contributed by atoms with Gasteiger partial charge in [0.2, 0.25) is 11.8 Å². The highest BCUT2D eigenvalue weighted by atomic mass is 16.3. The lowest BCUT2D eigenvalue weighted by Crippen LogP contribution is -2.38. The summed E-state index contributed by atoms with van der Waals surface area (Å²) in [5, 5.41) is 10.2. The third-order valence-corrected chi connectivity index (χ3v) is 4.60. The summed E-state index contributed by atoms with van der Waals surface area (Å²) in [5.74, 6) is -0.645. The molecule has 1 N–H and O–H groups in total. The number of fused-ring (bicyclic) bond motifs is 1. The average Bonchev–Trinajstić information content (AvgIpc) is 2.79. The Morgan fingerprint density at radius 3 is 2.23 bits per heavy atom. The van der Waals surface area contributed by atoms with Gasteiger partial charge in [-0.2, -0.15) is 0 Å². The molecular weight excluding hydrogens is 278 g/mol. The first-order valence-electron chi connectivity index (χ1n) is 7.89. The fraction of sp³-hybridized carbons (Fsp3) is 0.444. The maximum Gasteiger partial charge on any atom is 0.233 e. The number of carbonyl (C=O) groups is 2. The van der Waals surface area contributed by atoms with Crippen molar-refractivity contribution >= 4 is 11.8 Å². The molecular formula is C18H21NO3. The molecule has 3 rings (SSSR count). The summed E-state index contributed by atoms with van der Waals surface area (Å²) in [7, 11) is 0. The Balaban J connectivity index is 1.56. The number of allylic oxidation sites excluding steroid dienone is 2. The van der Waals surface area contributed by atoms with Gasteiger partial charge in [0, 0.05) is 0 Å². The Morgan fingerprint density at radius 2 is 1.64 bits per heavy atom. The molecule has 116 valence electrons. The minimum absolute atomic E-state index is 0.113. The molecule has 0 radical (unpaired) electrons. The Morgan fingerprint density at radius 1 is 1.05 bits per heavy atom. The van der Waals surface area contributed by atoms with E-state index in [1.807, 2.05) is 42.5 Å². The van der Waals surface area contributed by atoms with Gasteiger partial charge in [-0.15, -0.1) is 0 Å². The number of aliphatic hydroxyl groups excluding tert-OH is 1. The summed E-state index contributed by atoms with van der Waals surface area (Å²) >= 11 is 0. The molecule has 22 heavy (non-hydrogen) atoms. The number of hydrogen-bond acceptors (Lipinski definition) is 3. The summed E-state index contributed by atoms with van der Waals surface area (Å²) in [6.45, 7) is 0.123. The van der Waals surface area contributed by atoms with Gasteiger partial charge in [0.1, 0.15) is 0 Å². The monoisotopic (exact) mass is 299 g/mol. The van der Waals surface area contributed by atoms with Crippen molar-refractivity contribution in [3.05, 3.63) is 48.0 Å². The third kappa shape index (κ3) is 2.97. The normalized spacial score (nSPS) is 25.4. The van der Waals surface area contributed by atoms with Crippen LogP contribution in [0.15, 0.2) is 42.5 Å². The molecule has 1 aliphatic heterocycles. The average molecular weight is 299 g/mol. The number of likely N-dealkylation sites (tertiary alicyclic amines) is 1. The number of amides is 2. The van der Waals surface area contributed by atoms with E-state index in [4.69, 9.17) is 0 Å². The van der Waals surface area contributed by atoms with Gasteiger partial charge in [0.15, 0.2) is 0 Å². The van der Waals surface area contributed by atoms with Crippen molar-refractivity contribution in [2.24, 2.45) is 11.8 Å². The first-order valence-corrected chi connectivity index (χ1v) is 7.89. The van der Waals surface area contributed by atoms with Gasteiger partial charge in [-0.1, -0.05) is 42.5 Å². The molecule has 0 unspecified atom stereocenters. The lowest BCUT2D eigenvalue weighted by molar-refractivity contribution is -0.141. The lowest BCUT2D eigenvalue weighted by Gasteiger charge is -2.19. The van der Waals surface area contributed by atoms with Crippen LogP contribution in [0.25, 0.3) is 0 Å². The molecule has 0 aromatic heterocycles. The van der Waals surface area contributed by atoms with Crippen LogP contribution >= 0.6 is 0 Å². The van der Waals surface area contributed by atoms with Gasteiger partial charge >= 0.3 is 0 Å². The summed E-state index contributed by atoms with van der Waals surface area (Å²) in [6.07, 6.45) is 5.86. The zero-order chi connectivity index (χ0) is 15.5. The second-order valence-electron chi connectivity index (χ2n) is 6.12. The van der Waals surface area contributed by atoms with E-state index in [0.29, 0.717) is 19.3 Å². The highest BCUT2D eigenvalue weighted by molar-refractivity contribution is 6.05. The molecule has 2 amide bonds. The standard InChI is InChI=1S/C18H21NO3/c20-14(11-10-13-6-2-1-3-7-13)12-19-17(21)15-8-4-5-9-16(15)18(19)22/h1-7,14-16,20H,8-12H2/t14-,15-,16-/m1/s1. The van der Waals surface area contributed by atoms with Crippen molar-refractivity contribution in [3.8, 4) is 0 Å². The molecule has 0 bridgehead atoms. The topological polar surface area (TPSA) is 57.6 Å². The lowest BCUT2D eigenvalue weighted by atomic mass is 9.85. The van der Waals surface area contributed by atoms with Crippen LogP contribution in [0.1, 0.15) is 24.8 Å². The van der Waals surface area contributed by atoms with Crippen molar-refractivity contribution in [2.45, 2.75) is 31.8 Å². The van der Waals surface area contributed by atoms with Crippen molar-refractivity contribution in [2.75, 3.05) is 6.54 Å². The Kier molecular flexibility index (Phi) is 4.39. The predicted octanol–water partition coefficient (Wildman–Crippen LogP) is 1.93. The number of benzene rings is 1. The van der Waals surface area contributed by atoms with E-state index in [0.717, 1.165) is 12.0 Å². The molecule has 0 saturated carbocycles. The van der Waals surface area contributed by atoms with Gasteiger partial charge in [0.05, 0.1) is 24.5 Å². The van der Waals surface area contributed by atoms with Crippen LogP contribution in [-0.2, 0) is 16.0 Å². The largest absolute Gasteiger partial charge is 0.391 e. The predicted molar refractivity (Wildman–Crippen MR) is 82.8 cm³/mol.